The maximum absolute atomic E-state index is 11.5. The van der Waals surface area contributed by atoms with Crippen LogP contribution in [-0.2, 0) is 4.79 Å². The molecule has 0 aromatic heterocycles. The van der Waals surface area contributed by atoms with Crippen molar-refractivity contribution in [3.8, 4) is 0 Å². The number of carbonyl (C=O) groups is 1. The molecule has 1 heterocycles. The van der Waals surface area contributed by atoms with Crippen LogP contribution in [0.3, 0.4) is 0 Å². The molecule has 0 aromatic carbocycles. The van der Waals surface area contributed by atoms with Crippen molar-refractivity contribution in [2.45, 2.75) is 51.0 Å². The number of aliphatic carboxylic acids is 1. The molecule has 86 valence electrons. The number of likely N-dealkylation sites (tertiary alicyclic amines) is 1. The van der Waals surface area contributed by atoms with Crippen LogP contribution in [-0.4, -0.2) is 35.6 Å². The van der Waals surface area contributed by atoms with E-state index in [0.717, 1.165) is 38.6 Å². The molecule has 1 saturated carbocycles. The number of carboxylic acid groups (broad SMARTS) is 1. The minimum atomic E-state index is -0.557. The van der Waals surface area contributed by atoms with E-state index in [-0.39, 0.29) is 6.04 Å². The van der Waals surface area contributed by atoms with E-state index in [1.165, 1.54) is 12.8 Å². The molecule has 3 nitrogen and oxygen atoms in total. The molecule has 2 aliphatic rings. The molecule has 0 aromatic rings. The van der Waals surface area contributed by atoms with E-state index in [1.807, 2.05) is 0 Å². The highest BCUT2D eigenvalue weighted by Gasteiger charge is 2.49. The van der Waals surface area contributed by atoms with E-state index in [4.69, 9.17) is 0 Å². The molecule has 1 atom stereocenters. The Morgan fingerprint density at radius 1 is 1.27 bits per heavy atom. The van der Waals surface area contributed by atoms with Crippen LogP contribution in [0.1, 0.15) is 44.9 Å². The first-order valence-corrected chi connectivity index (χ1v) is 6.10. The maximum atomic E-state index is 11.5. The van der Waals surface area contributed by atoms with Gasteiger partial charge in [0, 0.05) is 6.04 Å². The Morgan fingerprint density at radius 2 is 1.93 bits per heavy atom. The van der Waals surface area contributed by atoms with E-state index in [2.05, 4.69) is 11.9 Å². The minimum Gasteiger partial charge on any atom is -0.481 e. The predicted octanol–water partition coefficient (Wildman–Crippen LogP) is 2.12. The van der Waals surface area contributed by atoms with E-state index in [9.17, 15) is 9.90 Å². The fourth-order valence-electron chi connectivity index (χ4n) is 3.47. The summed E-state index contributed by atoms with van der Waals surface area (Å²) in [6.45, 7) is 1.07. The molecule has 1 saturated heterocycles. The Balaban J connectivity index is 2.19. The zero-order valence-corrected chi connectivity index (χ0v) is 9.54. The highest BCUT2D eigenvalue weighted by atomic mass is 16.4. The molecule has 0 amide bonds. The highest BCUT2D eigenvalue weighted by molar-refractivity contribution is 5.76. The first-order valence-electron chi connectivity index (χ1n) is 6.10. The smallest absolute Gasteiger partial charge is 0.311 e. The summed E-state index contributed by atoms with van der Waals surface area (Å²) in [5.41, 5.74) is -0.421. The number of carboxylic acids is 1. The summed E-state index contributed by atoms with van der Waals surface area (Å²) in [6, 6.07) is 0.284. The van der Waals surface area contributed by atoms with E-state index < -0.39 is 11.4 Å². The summed E-state index contributed by atoms with van der Waals surface area (Å²) in [6.07, 6.45) is 7.46. The second kappa shape index (κ2) is 4.12. The quantitative estimate of drug-likeness (QED) is 0.760. The minimum absolute atomic E-state index is 0.284. The Bertz CT molecular complexity index is 246. The SMILES string of the molecule is CN1CCCCC1C1(C(=O)O)CCCC1. The van der Waals surface area contributed by atoms with Crippen molar-refractivity contribution in [2.75, 3.05) is 13.6 Å². The molecule has 15 heavy (non-hydrogen) atoms. The summed E-state index contributed by atoms with van der Waals surface area (Å²) in [4.78, 5) is 13.8. The number of nitrogens with zero attached hydrogens (tertiary/aromatic N) is 1. The Labute approximate surface area is 91.5 Å². The van der Waals surface area contributed by atoms with Gasteiger partial charge in [-0.1, -0.05) is 19.3 Å². The van der Waals surface area contributed by atoms with Crippen LogP contribution >= 0.6 is 0 Å². The van der Waals surface area contributed by atoms with Gasteiger partial charge in [-0.2, -0.15) is 0 Å². The van der Waals surface area contributed by atoms with Crippen molar-refractivity contribution in [2.24, 2.45) is 5.41 Å². The van der Waals surface area contributed by atoms with Crippen molar-refractivity contribution in [1.82, 2.24) is 4.90 Å². The summed E-state index contributed by atoms with van der Waals surface area (Å²) >= 11 is 0. The van der Waals surface area contributed by atoms with Crippen LogP contribution in [0.4, 0.5) is 0 Å². The third-order valence-corrected chi connectivity index (χ3v) is 4.33. The van der Waals surface area contributed by atoms with Gasteiger partial charge in [0.25, 0.3) is 0 Å². The van der Waals surface area contributed by atoms with Crippen LogP contribution in [0.15, 0.2) is 0 Å². The Morgan fingerprint density at radius 3 is 2.47 bits per heavy atom. The third kappa shape index (κ3) is 1.78. The number of hydrogen-bond donors (Lipinski definition) is 1. The molecule has 1 N–H and O–H groups in total. The van der Waals surface area contributed by atoms with Crippen molar-refractivity contribution in [3.05, 3.63) is 0 Å². The van der Waals surface area contributed by atoms with Crippen LogP contribution in [0.2, 0.25) is 0 Å². The standard InChI is InChI=1S/C12H21NO2/c1-13-9-5-2-6-10(13)12(11(14)15)7-3-4-8-12/h10H,2-9H2,1H3,(H,14,15). The zero-order chi connectivity index (χ0) is 10.9. The van der Waals surface area contributed by atoms with Gasteiger partial charge in [0.15, 0.2) is 0 Å². The van der Waals surface area contributed by atoms with Gasteiger partial charge in [-0.05, 0) is 39.3 Å². The molecule has 0 bridgehead atoms. The molecule has 2 fully saturated rings. The first kappa shape index (κ1) is 10.9. The molecule has 2 rings (SSSR count). The van der Waals surface area contributed by atoms with Gasteiger partial charge < -0.3 is 10.0 Å². The zero-order valence-electron chi connectivity index (χ0n) is 9.54. The van der Waals surface area contributed by atoms with Crippen LogP contribution in [0.25, 0.3) is 0 Å². The number of hydrogen-bond acceptors (Lipinski definition) is 2. The lowest BCUT2D eigenvalue weighted by Gasteiger charge is -2.42. The van der Waals surface area contributed by atoms with Gasteiger partial charge in [0.2, 0.25) is 0 Å². The topological polar surface area (TPSA) is 40.5 Å². The van der Waals surface area contributed by atoms with Gasteiger partial charge in [-0.15, -0.1) is 0 Å². The molecule has 0 spiro atoms. The third-order valence-electron chi connectivity index (χ3n) is 4.33. The molecule has 1 aliphatic carbocycles. The van der Waals surface area contributed by atoms with E-state index in [1.54, 1.807) is 0 Å². The average Bonchev–Trinajstić information content (AvgIpc) is 2.68. The normalized spacial score (nSPS) is 31.7. The summed E-state index contributed by atoms with van der Waals surface area (Å²) < 4.78 is 0. The molecule has 0 radical (unpaired) electrons. The fraction of sp³-hybridized carbons (Fsp3) is 0.917. The summed E-state index contributed by atoms with van der Waals surface area (Å²) in [5.74, 6) is -0.557. The van der Waals surface area contributed by atoms with Crippen molar-refractivity contribution >= 4 is 5.97 Å². The summed E-state index contributed by atoms with van der Waals surface area (Å²) in [5, 5.41) is 9.51. The van der Waals surface area contributed by atoms with Crippen LogP contribution in [0, 0.1) is 5.41 Å². The first-order chi connectivity index (χ1) is 7.17. The van der Waals surface area contributed by atoms with Gasteiger partial charge in [-0.3, -0.25) is 4.79 Å². The van der Waals surface area contributed by atoms with Gasteiger partial charge in [0.05, 0.1) is 5.41 Å². The number of rotatable bonds is 2. The van der Waals surface area contributed by atoms with Gasteiger partial charge >= 0.3 is 5.97 Å². The van der Waals surface area contributed by atoms with Crippen molar-refractivity contribution in [1.29, 1.82) is 0 Å². The molecular weight excluding hydrogens is 190 g/mol. The molecule has 1 unspecified atom stereocenters. The van der Waals surface area contributed by atoms with Crippen LogP contribution < -0.4 is 0 Å². The van der Waals surface area contributed by atoms with Crippen LogP contribution in [0.5, 0.6) is 0 Å². The lowest BCUT2D eigenvalue weighted by atomic mass is 9.74. The molecule has 1 aliphatic heterocycles. The lowest BCUT2D eigenvalue weighted by molar-refractivity contribution is -0.154. The summed E-state index contributed by atoms with van der Waals surface area (Å²) in [7, 11) is 2.09. The number of piperidine rings is 1. The molecular formula is C12H21NO2. The second-order valence-corrected chi connectivity index (χ2v) is 5.16. The van der Waals surface area contributed by atoms with Crippen molar-refractivity contribution in [3.63, 3.8) is 0 Å². The highest BCUT2D eigenvalue weighted by Crippen LogP contribution is 2.45. The lowest BCUT2D eigenvalue weighted by Crippen LogP contribution is -2.51. The van der Waals surface area contributed by atoms with Gasteiger partial charge in [0.1, 0.15) is 0 Å². The second-order valence-electron chi connectivity index (χ2n) is 5.16. The average molecular weight is 211 g/mol. The van der Waals surface area contributed by atoms with Crippen molar-refractivity contribution < 1.29 is 9.90 Å². The molecule has 3 heteroatoms. The van der Waals surface area contributed by atoms with E-state index in [0.29, 0.717) is 0 Å². The largest absolute Gasteiger partial charge is 0.481 e. The monoisotopic (exact) mass is 211 g/mol. The predicted molar refractivity (Wildman–Crippen MR) is 58.8 cm³/mol. The Hall–Kier alpha value is -0.570. The fourth-order valence-corrected chi connectivity index (χ4v) is 3.47. The maximum Gasteiger partial charge on any atom is 0.311 e. The van der Waals surface area contributed by atoms with E-state index >= 15 is 0 Å². The van der Waals surface area contributed by atoms with Gasteiger partial charge in [-0.25, -0.2) is 0 Å². The Kier molecular flexibility index (Phi) is 3.01.